The Hall–Kier alpha value is -6.02. The minimum atomic E-state index is -8.96. The highest BCUT2D eigenvalue weighted by Crippen LogP contribution is 2.66. The third kappa shape index (κ3) is 14.5. The van der Waals surface area contributed by atoms with E-state index in [1.54, 1.807) is 0 Å². The molecule has 0 fully saturated rings. The molecule has 0 bridgehead atoms. The Morgan fingerprint density at radius 3 is 0.367 bits per heavy atom. The summed E-state index contributed by atoms with van der Waals surface area (Å²) in [7, 11) is 0. The Morgan fingerprint density at radius 2 is 0.265 bits per heavy atom. The first-order valence-electron chi connectivity index (χ1n) is 22.3. The molecule has 0 saturated heterocycles. The zero-order chi connectivity index (χ0) is 79.9. The van der Waals surface area contributed by atoms with Gasteiger partial charge < -0.3 is 18.9 Å². The summed E-state index contributed by atoms with van der Waals surface area (Å²) in [6.07, 6.45) is -49.8. The van der Waals surface area contributed by atoms with Gasteiger partial charge in [0.1, 0.15) is 0 Å². The summed E-state index contributed by atoms with van der Waals surface area (Å²) in [5.74, 6) is -189. The van der Waals surface area contributed by atoms with Gasteiger partial charge >= 0.3 is 167 Å². The summed E-state index contributed by atoms with van der Waals surface area (Å²) in [6, 6.07) is 0. The Bertz CT molecular complexity index is 2500. The second-order valence-electron chi connectivity index (χ2n) is 18.3. The predicted molar refractivity (Wildman–Crippen MR) is 192 cm³/mol. The lowest BCUT2D eigenvalue weighted by atomic mass is 9.93. The van der Waals surface area contributed by atoms with Crippen LogP contribution in [0.25, 0.3) is 0 Å². The van der Waals surface area contributed by atoms with E-state index in [9.17, 15) is 247 Å². The number of carbonyl (C=O) groups excluding carboxylic acids is 4. The molecule has 0 aliphatic carbocycles. The second-order valence-corrected chi connectivity index (χ2v) is 18.3. The van der Waals surface area contributed by atoms with Gasteiger partial charge in [-0.05, 0) is 0 Å². The molecule has 0 N–H and O–H groups in total. The lowest BCUT2D eigenvalue weighted by Gasteiger charge is -2.39. The molecule has 0 aliphatic rings. The number of hydrogen-bond donors (Lipinski definition) is 0. The second kappa shape index (κ2) is 26.1. The van der Waals surface area contributed by atoms with Gasteiger partial charge in [0.25, 0.3) is 0 Å². The van der Waals surface area contributed by atoms with Gasteiger partial charge in [-0.25, -0.2) is 19.2 Å². The van der Waals surface area contributed by atoms with Gasteiger partial charge in [-0.1, -0.05) is 0 Å². The fourth-order valence-corrected chi connectivity index (χ4v) is 5.79. The van der Waals surface area contributed by atoms with Crippen molar-refractivity contribution in [2.75, 3.05) is 26.4 Å². The van der Waals surface area contributed by atoms with Crippen molar-refractivity contribution in [3.8, 4) is 0 Å². The highest BCUT2D eigenvalue weighted by Gasteiger charge is 2.95. The predicted octanol–water partition coefficient (Wildman–Crippen LogP) is 17.0. The molecular weight excluding hydrogens is 1570 g/mol. The van der Waals surface area contributed by atoms with Gasteiger partial charge in [0.05, 0.1) is 52.1 Å². The van der Waals surface area contributed by atoms with Crippen molar-refractivity contribution in [2.45, 2.75) is 169 Å². The van der Waals surface area contributed by atoms with E-state index in [0.29, 0.717) is 0 Å². The molecule has 0 rings (SSSR count). The molecular formula is C38H16F52O8. The van der Waals surface area contributed by atoms with Gasteiger partial charge in [-0.15, -0.1) is 0 Å². The highest BCUT2D eigenvalue weighted by molar-refractivity contribution is 6.28. The molecule has 0 amide bonds. The van der Waals surface area contributed by atoms with Crippen molar-refractivity contribution < 1.29 is 266 Å². The van der Waals surface area contributed by atoms with Crippen molar-refractivity contribution in [3.63, 3.8) is 0 Å². The number of hydrogen-bond acceptors (Lipinski definition) is 8. The summed E-state index contributed by atoms with van der Waals surface area (Å²) in [5, 5.41) is 0. The Morgan fingerprint density at radius 1 is 0.163 bits per heavy atom. The van der Waals surface area contributed by atoms with E-state index in [2.05, 4.69) is 18.9 Å². The molecule has 0 heterocycles. The minimum absolute atomic E-state index is 3.12. The Kier molecular flexibility index (Phi) is 24.5. The summed E-state index contributed by atoms with van der Waals surface area (Å²) >= 11 is 0. The average Bonchev–Trinajstić information content (AvgIpc) is 0.733. The minimum Gasteiger partial charge on any atom is -0.462 e. The van der Waals surface area contributed by atoms with E-state index in [-0.39, 0.29) is 0 Å². The van der Waals surface area contributed by atoms with E-state index in [0.717, 1.165) is 0 Å². The summed E-state index contributed by atoms with van der Waals surface area (Å²) < 4.78 is 720. The van der Waals surface area contributed by atoms with Crippen LogP contribution in [0.2, 0.25) is 0 Å². The average molecular weight is 1590 g/mol. The molecule has 0 saturated carbocycles. The Balaban J connectivity index is 8.82. The zero-order valence-corrected chi connectivity index (χ0v) is 43.6. The smallest absolute Gasteiger partial charge is 0.460 e. The fraction of sp³-hybridized carbons (Fsp3) is 0.842. The number of halogens is 52. The molecule has 0 unspecified atom stereocenters. The first-order valence-corrected chi connectivity index (χ1v) is 22.3. The van der Waals surface area contributed by atoms with Gasteiger partial charge in [0.2, 0.25) is 0 Å². The maximum absolute atomic E-state index is 14.5. The van der Waals surface area contributed by atoms with Crippen LogP contribution in [0.15, 0.2) is 11.1 Å². The third-order valence-corrected chi connectivity index (χ3v) is 11.7. The molecule has 8 nitrogen and oxygen atoms in total. The lowest BCUT2D eigenvalue weighted by molar-refractivity contribution is -0.440. The van der Waals surface area contributed by atoms with Gasteiger partial charge in [-0.2, -0.15) is 228 Å². The third-order valence-electron chi connectivity index (χ3n) is 11.7. The van der Waals surface area contributed by atoms with Crippen molar-refractivity contribution in [1.29, 1.82) is 0 Å². The molecule has 0 atom stereocenters. The maximum atomic E-state index is 14.5. The van der Waals surface area contributed by atoms with Crippen LogP contribution in [-0.4, -0.2) is 193 Å². The largest absolute Gasteiger partial charge is 0.462 e. The standard InChI is InChI=1S/C38H16F52O8/c39-15(40,19(47,48)23(55,56)27(63,64)31(71,72)35(79,80)81)1-5-95-11(91)9(12(92)96-6-2-16(41,42)20(49,50)24(57,58)28(65,66)32(73,74)36(82,83)84)10(13(93)97-7-3-17(43,44)21(51,52)25(59,60)29(67,68)33(75,76)37(85,86)87)14(94)98-8-4-18(45,46)22(53,54)26(61,62)30(69,70)34(77,78)38(88,89)90/h1-8H2. The van der Waals surface area contributed by atoms with Crippen LogP contribution in [-0.2, 0) is 38.1 Å². The van der Waals surface area contributed by atoms with Crippen LogP contribution in [0, 0.1) is 0 Å². The number of ether oxygens (including phenoxy) is 4. The van der Waals surface area contributed by atoms with Crippen molar-refractivity contribution in [1.82, 2.24) is 0 Å². The fourth-order valence-electron chi connectivity index (χ4n) is 5.79. The quantitative estimate of drug-likeness (QED) is 0.0164. The number of esters is 4. The highest BCUT2D eigenvalue weighted by atomic mass is 19.5. The zero-order valence-electron chi connectivity index (χ0n) is 43.6. The number of carbonyl (C=O) groups is 4. The SMILES string of the molecule is O=C(OCCC(F)(F)C(F)(F)C(F)(F)C(F)(F)C(F)(F)C(F)(F)F)C(C(=O)OCCC(F)(F)C(F)(F)C(F)(F)C(F)(F)C(F)(F)C(F)(F)F)=C(C(=O)OCCC(F)(F)C(F)(F)C(F)(F)C(F)(F)C(F)(F)C(F)(F)F)C(=O)OCCC(F)(F)C(F)(F)C(F)(F)C(F)(F)C(F)(F)C(F)(F)F. The summed E-state index contributed by atoms with van der Waals surface area (Å²) in [4.78, 5) is 51.9. The molecule has 0 radical (unpaired) electrons. The lowest BCUT2D eigenvalue weighted by Crippen LogP contribution is -2.70. The summed E-state index contributed by atoms with van der Waals surface area (Å²) in [6.45, 7) is -14.9. The van der Waals surface area contributed by atoms with E-state index in [1.165, 1.54) is 0 Å². The van der Waals surface area contributed by atoms with E-state index < -0.39 is 230 Å². The van der Waals surface area contributed by atoms with Crippen LogP contribution in [0.5, 0.6) is 0 Å². The molecule has 98 heavy (non-hydrogen) atoms. The monoisotopic (exact) mass is 1590 g/mol. The first-order chi connectivity index (χ1) is 42.0. The summed E-state index contributed by atoms with van der Waals surface area (Å²) in [5.41, 5.74) is -8.30. The van der Waals surface area contributed by atoms with E-state index in [1.807, 2.05) is 0 Å². The molecule has 580 valence electrons. The normalized spacial score (nSPS) is 15.8. The van der Waals surface area contributed by atoms with Crippen molar-refractivity contribution in [2.24, 2.45) is 0 Å². The molecule has 60 heteroatoms. The first kappa shape index (κ1) is 92.0. The van der Waals surface area contributed by atoms with Crippen LogP contribution < -0.4 is 0 Å². The maximum Gasteiger partial charge on any atom is 0.460 e. The van der Waals surface area contributed by atoms with Crippen molar-refractivity contribution in [3.05, 3.63) is 11.1 Å². The van der Waals surface area contributed by atoms with Crippen LogP contribution in [0.3, 0.4) is 0 Å². The van der Waals surface area contributed by atoms with Crippen LogP contribution in [0.1, 0.15) is 25.7 Å². The van der Waals surface area contributed by atoms with Gasteiger partial charge in [0.15, 0.2) is 11.1 Å². The topological polar surface area (TPSA) is 105 Å². The van der Waals surface area contributed by atoms with E-state index >= 15 is 0 Å². The van der Waals surface area contributed by atoms with Gasteiger partial charge in [-0.3, -0.25) is 0 Å². The van der Waals surface area contributed by atoms with Crippen molar-refractivity contribution >= 4 is 23.9 Å². The molecule has 0 aromatic carbocycles. The van der Waals surface area contributed by atoms with Gasteiger partial charge in [0, 0.05) is 0 Å². The van der Waals surface area contributed by atoms with Crippen LogP contribution in [0.4, 0.5) is 228 Å². The molecule has 0 spiro atoms. The molecule has 0 aromatic rings. The van der Waals surface area contributed by atoms with E-state index in [4.69, 9.17) is 0 Å². The van der Waals surface area contributed by atoms with Crippen LogP contribution >= 0.6 is 0 Å². The number of rotatable bonds is 32. The molecule has 0 aromatic heterocycles. The Labute approximate surface area is 497 Å². The number of alkyl halides is 52. The molecule has 0 aliphatic heterocycles.